The molecule has 9 heteroatoms. The molecular weight excluding hydrogens is 392 g/mol. The Hall–Kier alpha value is -3.88. The van der Waals surface area contributed by atoms with Gasteiger partial charge in [-0.1, -0.05) is 18.2 Å². The molecule has 3 aromatic heterocycles. The molecule has 3 N–H and O–H groups in total. The second-order valence-electron chi connectivity index (χ2n) is 7.10. The van der Waals surface area contributed by atoms with Gasteiger partial charge in [0.15, 0.2) is 11.7 Å². The minimum atomic E-state index is 0.457. The highest BCUT2D eigenvalue weighted by Gasteiger charge is 2.10. The van der Waals surface area contributed by atoms with E-state index >= 15 is 0 Å². The van der Waals surface area contributed by atoms with Crippen molar-refractivity contribution in [2.75, 3.05) is 6.54 Å². The number of H-pyrrole nitrogens is 1. The van der Waals surface area contributed by atoms with Crippen molar-refractivity contribution in [1.82, 2.24) is 35.6 Å². The van der Waals surface area contributed by atoms with Gasteiger partial charge in [0.1, 0.15) is 5.82 Å². The van der Waals surface area contributed by atoms with Crippen molar-refractivity contribution < 1.29 is 4.42 Å². The van der Waals surface area contributed by atoms with Crippen molar-refractivity contribution in [1.29, 1.82) is 0 Å². The summed E-state index contributed by atoms with van der Waals surface area (Å²) in [6.07, 6.45) is 1.60. The molecule has 1 aromatic carbocycles. The number of furan rings is 1. The second-order valence-corrected chi connectivity index (χ2v) is 7.10. The fourth-order valence-corrected chi connectivity index (χ4v) is 3.29. The van der Waals surface area contributed by atoms with Gasteiger partial charge in [-0.25, -0.2) is 14.7 Å². The van der Waals surface area contributed by atoms with Crippen molar-refractivity contribution in [3.8, 4) is 17.3 Å². The summed E-state index contributed by atoms with van der Waals surface area (Å²) >= 11 is 0. The monoisotopic (exact) mass is 418 g/mol. The third kappa shape index (κ3) is 4.82. The first kappa shape index (κ1) is 20.4. The Morgan fingerprint density at radius 3 is 2.77 bits per heavy atom. The van der Waals surface area contributed by atoms with Crippen LogP contribution >= 0.6 is 0 Å². The van der Waals surface area contributed by atoms with E-state index in [2.05, 4.69) is 56.0 Å². The van der Waals surface area contributed by atoms with Crippen LogP contribution in [-0.2, 0) is 13.1 Å². The Balaban J connectivity index is 1.47. The second kappa shape index (κ2) is 9.29. The third-order valence-electron chi connectivity index (χ3n) is 4.68. The SMILES string of the molecule is CCNC(=NCc1ccccc1-n1nc(C)cc1C)NCc1nc(-c2ccco2)n[nH]1. The van der Waals surface area contributed by atoms with Crippen LogP contribution in [0.2, 0.25) is 0 Å². The molecule has 0 saturated carbocycles. The molecule has 0 fully saturated rings. The summed E-state index contributed by atoms with van der Waals surface area (Å²) in [6, 6.07) is 13.9. The summed E-state index contributed by atoms with van der Waals surface area (Å²) in [7, 11) is 0. The predicted octanol–water partition coefficient (Wildman–Crippen LogP) is 3.12. The largest absolute Gasteiger partial charge is 0.461 e. The number of benzene rings is 1. The molecule has 4 rings (SSSR count). The standard InChI is InChI=1S/C22H26N8O/c1-4-23-22(25-14-20-26-21(28-27-20)19-10-7-11-31-19)24-13-17-8-5-6-9-18(17)30-16(3)12-15(2)29-30/h5-12H,4,13-14H2,1-3H3,(H2,23,24,25)(H,26,27,28). The minimum absolute atomic E-state index is 0.457. The fourth-order valence-electron chi connectivity index (χ4n) is 3.29. The van der Waals surface area contributed by atoms with Crippen LogP contribution in [0.25, 0.3) is 17.3 Å². The molecule has 9 nitrogen and oxygen atoms in total. The number of hydrogen-bond donors (Lipinski definition) is 3. The van der Waals surface area contributed by atoms with Crippen molar-refractivity contribution in [2.45, 2.75) is 33.9 Å². The van der Waals surface area contributed by atoms with Gasteiger partial charge in [0.05, 0.1) is 30.7 Å². The number of aryl methyl sites for hydroxylation is 2. The molecule has 31 heavy (non-hydrogen) atoms. The van der Waals surface area contributed by atoms with E-state index in [1.54, 1.807) is 6.26 Å². The lowest BCUT2D eigenvalue weighted by Gasteiger charge is -2.12. The van der Waals surface area contributed by atoms with Gasteiger partial charge in [-0.15, -0.1) is 5.10 Å². The first-order chi connectivity index (χ1) is 15.1. The molecule has 160 valence electrons. The molecule has 0 saturated heterocycles. The number of aliphatic imine (C=N–C) groups is 1. The van der Waals surface area contributed by atoms with E-state index in [1.165, 1.54) is 0 Å². The van der Waals surface area contributed by atoms with Crippen LogP contribution in [0.5, 0.6) is 0 Å². The lowest BCUT2D eigenvalue weighted by atomic mass is 10.2. The lowest BCUT2D eigenvalue weighted by molar-refractivity contribution is 0.577. The number of rotatable bonds is 7. The Kier molecular flexibility index (Phi) is 6.11. The summed E-state index contributed by atoms with van der Waals surface area (Å²) in [5, 5.41) is 18.3. The first-order valence-electron chi connectivity index (χ1n) is 10.2. The van der Waals surface area contributed by atoms with Gasteiger partial charge in [0, 0.05) is 12.2 Å². The highest BCUT2D eigenvalue weighted by atomic mass is 16.3. The molecule has 0 radical (unpaired) electrons. The predicted molar refractivity (Wildman–Crippen MR) is 119 cm³/mol. The molecule has 0 aliphatic heterocycles. The van der Waals surface area contributed by atoms with E-state index in [-0.39, 0.29) is 0 Å². The smallest absolute Gasteiger partial charge is 0.216 e. The van der Waals surface area contributed by atoms with Gasteiger partial charge >= 0.3 is 0 Å². The Bertz CT molecular complexity index is 1160. The minimum Gasteiger partial charge on any atom is -0.461 e. The van der Waals surface area contributed by atoms with E-state index in [9.17, 15) is 0 Å². The third-order valence-corrected chi connectivity index (χ3v) is 4.68. The molecule has 4 aromatic rings. The Morgan fingerprint density at radius 1 is 1.16 bits per heavy atom. The average Bonchev–Trinajstić information content (AvgIpc) is 3.51. The molecule has 0 amide bonds. The zero-order chi connectivity index (χ0) is 21.6. The van der Waals surface area contributed by atoms with E-state index in [1.807, 2.05) is 42.8 Å². The molecule has 0 bridgehead atoms. The van der Waals surface area contributed by atoms with Crippen LogP contribution in [0.15, 0.2) is 58.1 Å². The number of hydrogen-bond acceptors (Lipinski definition) is 5. The Labute approximate surface area is 180 Å². The molecule has 3 heterocycles. The fraction of sp³-hybridized carbons (Fsp3) is 0.273. The van der Waals surface area contributed by atoms with E-state index < -0.39 is 0 Å². The topological polar surface area (TPSA) is 109 Å². The number of aromatic nitrogens is 5. The number of nitrogens with one attached hydrogen (secondary N) is 3. The van der Waals surface area contributed by atoms with Crippen LogP contribution in [0.3, 0.4) is 0 Å². The average molecular weight is 419 g/mol. The zero-order valence-electron chi connectivity index (χ0n) is 17.9. The summed E-state index contributed by atoms with van der Waals surface area (Å²) in [5.41, 5.74) is 4.21. The Morgan fingerprint density at radius 2 is 2.03 bits per heavy atom. The molecule has 0 aliphatic carbocycles. The van der Waals surface area contributed by atoms with Gasteiger partial charge in [-0.3, -0.25) is 5.10 Å². The summed E-state index contributed by atoms with van der Waals surface area (Å²) in [6.45, 7) is 7.80. The van der Waals surface area contributed by atoms with Gasteiger partial charge < -0.3 is 15.1 Å². The number of guanidine groups is 1. The highest BCUT2D eigenvalue weighted by molar-refractivity contribution is 5.79. The maximum Gasteiger partial charge on any atom is 0.216 e. The lowest BCUT2D eigenvalue weighted by Crippen LogP contribution is -2.37. The van der Waals surface area contributed by atoms with Crippen LogP contribution in [0.1, 0.15) is 29.7 Å². The molecule has 0 aliphatic rings. The number of para-hydroxylation sites is 1. The van der Waals surface area contributed by atoms with Crippen molar-refractivity contribution >= 4 is 5.96 Å². The van der Waals surface area contributed by atoms with E-state index in [0.717, 1.165) is 29.2 Å². The maximum absolute atomic E-state index is 5.33. The van der Waals surface area contributed by atoms with Crippen molar-refractivity contribution in [3.05, 3.63) is 71.5 Å². The van der Waals surface area contributed by atoms with E-state index in [4.69, 9.17) is 9.41 Å². The van der Waals surface area contributed by atoms with Gasteiger partial charge in [-0.05, 0) is 50.6 Å². The summed E-state index contributed by atoms with van der Waals surface area (Å²) in [5.74, 6) is 2.55. The highest BCUT2D eigenvalue weighted by Crippen LogP contribution is 2.18. The molecule has 0 spiro atoms. The van der Waals surface area contributed by atoms with E-state index in [0.29, 0.717) is 36.5 Å². The van der Waals surface area contributed by atoms with Crippen LogP contribution in [0.4, 0.5) is 0 Å². The number of nitrogens with zero attached hydrogens (tertiary/aromatic N) is 5. The van der Waals surface area contributed by atoms with Gasteiger partial charge in [0.25, 0.3) is 0 Å². The quantitative estimate of drug-likeness (QED) is 0.314. The van der Waals surface area contributed by atoms with Crippen LogP contribution in [-0.4, -0.2) is 37.5 Å². The normalized spacial score (nSPS) is 11.6. The van der Waals surface area contributed by atoms with Crippen LogP contribution in [0, 0.1) is 13.8 Å². The van der Waals surface area contributed by atoms with Crippen LogP contribution < -0.4 is 10.6 Å². The molecular formula is C22H26N8O. The summed E-state index contributed by atoms with van der Waals surface area (Å²) < 4.78 is 7.30. The summed E-state index contributed by atoms with van der Waals surface area (Å²) in [4.78, 5) is 9.20. The van der Waals surface area contributed by atoms with Gasteiger partial charge in [-0.2, -0.15) is 5.10 Å². The number of aromatic amines is 1. The van der Waals surface area contributed by atoms with Gasteiger partial charge in [0.2, 0.25) is 5.82 Å². The first-order valence-corrected chi connectivity index (χ1v) is 10.2. The zero-order valence-corrected chi connectivity index (χ0v) is 17.9. The molecule has 0 unspecified atom stereocenters. The molecule has 0 atom stereocenters. The van der Waals surface area contributed by atoms with Crippen molar-refractivity contribution in [3.63, 3.8) is 0 Å². The van der Waals surface area contributed by atoms with Crippen molar-refractivity contribution in [2.24, 2.45) is 4.99 Å². The maximum atomic E-state index is 5.33.